The van der Waals surface area contributed by atoms with Gasteiger partial charge in [0.2, 0.25) is 21.9 Å². The Morgan fingerprint density at radius 3 is 2.34 bits per heavy atom. The van der Waals surface area contributed by atoms with Gasteiger partial charge in [-0.05, 0) is 71.9 Å². The van der Waals surface area contributed by atoms with Gasteiger partial charge in [0.05, 0.1) is 17.0 Å². The summed E-state index contributed by atoms with van der Waals surface area (Å²) in [6, 6.07) is 17.9. The Morgan fingerprint density at radius 2 is 1.66 bits per heavy atom. The number of carbonyl (C=O) groups excluding carboxylic acids is 1. The molecule has 0 radical (unpaired) electrons. The van der Waals surface area contributed by atoms with E-state index in [1.54, 1.807) is 47.9 Å². The summed E-state index contributed by atoms with van der Waals surface area (Å²) < 4.78 is 27.4. The molecule has 2 aromatic heterocycles. The molecule has 4 aromatic rings. The van der Waals surface area contributed by atoms with Crippen LogP contribution in [0.15, 0.2) is 82.5 Å². The summed E-state index contributed by atoms with van der Waals surface area (Å²) in [5.41, 5.74) is 3.99. The zero-order valence-electron chi connectivity index (χ0n) is 20.9. The molecule has 1 fully saturated rings. The molecule has 3 heterocycles. The predicted molar refractivity (Wildman–Crippen MR) is 150 cm³/mol. The van der Waals surface area contributed by atoms with Crippen molar-refractivity contribution < 1.29 is 13.2 Å². The van der Waals surface area contributed by atoms with Crippen molar-refractivity contribution in [3.8, 4) is 11.3 Å². The molecule has 1 aliphatic heterocycles. The third-order valence-electron chi connectivity index (χ3n) is 6.28. The lowest BCUT2D eigenvalue weighted by molar-refractivity contribution is -0.115. The van der Waals surface area contributed by atoms with E-state index in [1.165, 1.54) is 4.31 Å². The van der Waals surface area contributed by atoms with Gasteiger partial charge >= 0.3 is 0 Å². The van der Waals surface area contributed by atoms with Gasteiger partial charge in [0.25, 0.3) is 0 Å². The van der Waals surface area contributed by atoms with Crippen molar-refractivity contribution in [3.63, 3.8) is 0 Å². The Hall–Kier alpha value is -3.64. The second-order valence-electron chi connectivity index (χ2n) is 9.06. The lowest BCUT2D eigenvalue weighted by Crippen LogP contribution is -2.46. The zero-order chi connectivity index (χ0) is 26.5. The van der Waals surface area contributed by atoms with Gasteiger partial charge in [-0.1, -0.05) is 12.1 Å². The SMILES string of the molecule is CN1CCN(S(=O)(=O)c2ccc(Nc3nccc(-c4ccc(NC(=O)Cc5ccsc5)cc4)n3)cc2)CC1. The number of thiophene rings is 1. The molecule has 0 unspecified atom stereocenters. The third kappa shape index (κ3) is 6.25. The number of benzene rings is 2. The monoisotopic (exact) mass is 548 g/mol. The van der Waals surface area contributed by atoms with E-state index >= 15 is 0 Å². The summed E-state index contributed by atoms with van der Waals surface area (Å²) in [6.07, 6.45) is 2.00. The van der Waals surface area contributed by atoms with Crippen LogP contribution < -0.4 is 10.6 Å². The highest BCUT2D eigenvalue weighted by atomic mass is 32.2. The van der Waals surface area contributed by atoms with Crippen LogP contribution in [0.5, 0.6) is 0 Å². The first-order chi connectivity index (χ1) is 18.4. The first kappa shape index (κ1) is 26.0. The molecule has 196 valence electrons. The first-order valence-corrected chi connectivity index (χ1v) is 14.6. The highest BCUT2D eigenvalue weighted by Gasteiger charge is 2.27. The fourth-order valence-corrected chi connectivity index (χ4v) is 6.20. The van der Waals surface area contributed by atoms with Crippen LogP contribution in [0.3, 0.4) is 0 Å². The van der Waals surface area contributed by atoms with Crippen LogP contribution in [0.4, 0.5) is 17.3 Å². The average molecular weight is 549 g/mol. The molecule has 1 aliphatic rings. The Labute approximate surface area is 226 Å². The maximum atomic E-state index is 13.0. The van der Waals surface area contributed by atoms with Crippen LogP contribution in [0.25, 0.3) is 11.3 Å². The lowest BCUT2D eigenvalue weighted by Gasteiger charge is -2.31. The smallest absolute Gasteiger partial charge is 0.243 e. The number of carbonyl (C=O) groups is 1. The molecule has 0 aliphatic carbocycles. The van der Waals surface area contributed by atoms with Gasteiger partial charge in [-0.25, -0.2) is 18.4 Å². The van der Waals surface area contributed by atoms with E-state index in [4.69, 9.17) is 0 Å². The topological polar surface area (TPSA) is 108 Å². The lowest BCUT2D eigenvalue weighted by atomic mass is 10.1. The predicted octanol–water partition coefficient (Wildman–Crippen LogP) is 4.07. The summed E-state index contributed by atoms with van der Waals surface area (Å²) in [6.45, 7) is 2.42. The molecule has 11 heteroatoms. The molecule has 5 rings (SSSR count). The Bertz CT molecular complexity index is 1480. The van der Waals surface area contributed by atoms with Crippen LogP contribution in [-0.2, 0) is 21.2 Å². The summed E-state index contributed by atoms with van der Waals surface area (Å²) >= 11 is 1.57. The van der Waals surface area contributed by atoms with E-state index < -0.39 is 10.0 Å². The Kier molecular flexibility index (Phi) is 7.79. The molecule has 0 saturated carbocycles. The van der Waals surface area contributed by atoms with Gasteiger partial charge in [-0.2, -0.15) is 15.6 Å². The van der Waals surface area contributed by atoms with Gasteiger partial charge in [0.1, 0.15) is 0 Å². The highest BCUT2D eigenvalue weighted by Crippen LogP contribution is 2.24. The number of hydrogen-bond donors (Lipinski definition) is 2. The van der Waals surface area contributed by atoms with Crippen molar-refractivity contribution in [1.29, 1.82) is 0 Å². The van der Waals surface area contributed by atoms with E-state index in [-0.39, 0.29) is 10.8 Å². The minimum Gasteiger partial charge on any atom is -0.326 e. The Balaban J connectivity index is 1.22. The van der Waals surface area contributed by atoms with Crippen LogP contribution in [-0.4, -0.2) is 66.7 Å². The van der Waals surface area contributed by atoms with Gasteiger partial charge < -0.3 is 15.5 Å². The molecular formula is C27H28N6O3S2. The van der Waals surface area contributed by atoms with E-state index in [0.717, 1.165) is 24.2 Å². The molecular weight excluding hydrogens is 520 g/mol. The third-order valence-corrected chi connectivity index (χ3v) is 8.92. The number of rotatable bonds is 8. The second-order valence-corrected chi connectivity index (χ2v) is 11.8. The number of hydrogen-bond acceptors (Lipinski definition) is 8. The van der Waals surface area contributed by atoms with Crippen molar-refractivity contribution in [2.75, 3.05) is 43.9 Å². The zero-order valence-corrected chi connectivity index (χ0v) is 22.5. The van der Waals surface area contributed by atoms with E-state index in [9.17, 15) is 13.2 Å². The second kappa shape index (κ2) is 11.4. The van der Waals surface area contributed by atoms with Crippen LogP contribution in [0.1, 0.15) is 5.56 Å². The number of likely N-dealkylation sites (N-methyl/N-ethyl adjacent to an activating group) is 1. The molecule has 0 bridgehead atoms. The van der Waals surface area contributed by atoms with E-state index in [0.29, 0.717) is 42.5 Å². The first-order valence-electron chi connectivity index (χ1n) is 12.2. The quantitative estimate of drug-likeness (QED) is 0.342. The number of anilines is 3. The van der Waals surface area contributed by atoms with Crippen LogP contribution >= 0.6 is 11.3 Å². The standard InChI is InChI=1S/C27H28N6O3S2/c1-32-13-15-33(16-14-32)38(35,36)24-8-6-23(7-9-24)30-27-28-12-10-25(31-27)21-2-4-22(5-3-21)29-26(34)18-20-11-17-37-19-20/h2-12,17,19H,13-16,18H2,1H3,(H,29,34)(H,28,30,31). The average Bonchev–Trinajstić information content (AvgIpc) is 3.43. The number of piperazine rings is 1. The summed E-state index contributed by atoms with van der Waals surface area (Å²) in [5.74, 6) is 0.331. The maximum Gasteiger partial charge on any atom is 0.243 e. The number of nitrogens with one attached hydrogen (secondary N) is 2. The van der Waals surface area contributed by atoms with Gasteiger partial charge in [0.15, 0.2) is 0 Å². The molecule has 2 aromatic carbocycles. The highest BCUT2D eigenvalue weighted by molar-refractivity contribution is 7.89. The molecule has 0 spiro atoms. The summed E-state index contributed by atoms with van der Waals surface area (Å²) in [7, 11) is -1.53. The van der Waals surface area contributed by atoms with Crippen LogP contribution in [0, 0.1) is 0 Å². The fourth-order valence-electron chi connectivity index (χ4n) is 4.10. The summed E-state index contributed by atoms with van der Waals surface area (Å²) in [5, 5.41) is 9.98. The largest absolute Gasteiger partial charge is 0.326 e. The normalized spacial score (nSPS) is 14.8. The summed E-state index contributed by atoms with van der Waals surface area (Å²) in [4.78, 5) is 23.5. The van der Waals surface area contributed by atoms with E-state index in [1.807, 2.05) is 48.1 Å². The minimum absolute atomic E-state index is 0.0629. The maximum absolute atomic E-state index is 13.0. The minimum atomic E-state index is -3.52. The van der Waals surface area contributed by atoms with Crippen molar-refractivity contribution >= 4 is 44.6 Å². The molecule has 1 amide bonds. The van der Waals surface area contributed by atoms with Gasteiger partial charge in [0, 0.05) is 49.3 Å². The number of nitrogens with zero attached hydrogens (tertiary/aromatic N) is 4. The number of sulfonamides is 1. The number of aromatic nitrogens is 2. The van der Waals surface area contributed by atoms with Gasteiger partial charge in [-0.15, -0.1) is 0 Å². The van der Waals surface area contributed by atoms with E-state index in [2.05, 4.69) is 25.5 Å². The van der Waals surface area contributed by atoms with Crippen molar-refractivity contribution in [1.82, 2.24) is 19.2 Å². The fraction of sp³-hybridized carbons (Fsp3) is 0.222. The van der Waals surface area contributed by atoms with Gasteiger partial charge in [-0.3, -0.25) is 4.79 Å². The Morgan fingerprint density at radius 1 is 0.947 bits per heavy atom. The molecule has 2 N–H and O–H groups in total. The molecule has 38 heavy (non-hydrogen) atoms. The van der Waals surface area contributed by atoms with Crippen molar-refractivity contribution in [2.45, 2.75) is 11.3 Å². The van der Waals surface area contributed by atoms with Crippen molar-refractivity contribution in [2.24, 2.45) is 0 Å². The van der Waals surface area contributed by atoms with Crippen molar-refractivity contribution in [3.05, 3.63) is 83.2 Å². The molecule has 0 atom stereocenters. The molecule has 1 saturated heterocycles. The van der Waals surface area contributed by atoms with Crippen LogP contribution in [0.2, 0.25) is 0 Å². The number of amides is 1. The molecule has 9 nitrogen and oxygen atoms in total.